The second-order valence-electron chi connectivity index (χ2n) is 8.15. The molecule has 1 aromatic carbocycles. The van der Waals surface area contributed by atoms with E-state index in [1.807, 2.05) is 27.0 Å². The number of imidazole rings is 1. The summed E-state index contributed by atoms with van der Waals surface area (Å²) in [6.45, 7) is 6.49. The number of nitrogens with zero attached hydrogens (tertiary/aromatic N) is 3. The maximum atomic E-state index is 13.3. The number of hydrogen-bond acceptors (Lipinski definition) is 5. The smallest absolute Gasteiger partial charge is 0.407 e. The molecule has 7 nitrogen and oxygen atoms in total. The van der Waals surface area contributed by atoms with Gasteiger partial charge in [0.1, 0.15) is 17.1 Å². The van der Waals surface area contributed by atoms with Crippen molar-refractivity contribution in [2.24, 2.45) is 0 Å². The number of piperidine rings is 1. The van der Waals surface area contributed by atoms with Gasteiger partial charge < -0.3 is 15.0 Å². The van der Waals surface area contributed by atoms with Gasteiger partial charge in [-0.2, -0.15) is 0 Å². The summed E-state index contributed by atoms with van der Waals surface area (Å²) in [6.07, 6.45) is 4.29. The minimum atomic E-state index is -0.547. The van der Waals surface area contributed by atoms with Crippen LogP contribution in [0.5, 0.6) is 0 Å². The first-order valence-electron chi connectivity index (χ1n) is 9.84. The molecule has 2 heterocycles. The highest BCUT2D eigenvalue weighted by molar-refractivity contribution is 7.98. The van der Waals surface area contributed by atoms with E-state index in [1.165, 1.54) is 23.9 Å². The summed E-state index contributed by atoms with van der Waals surface area (Å²) in [7, 11) is 0. The second-order valence-corrected chi connectivity index (χ2v) is 8.93. The lowest BCUT2D eigenvalue weighted by molar-refractivity contribution is 0.0473. The number of carbonyl (C=O) groups excluding carboxylic acids is 2. The topological polar surface area (TPSA) is 76.5 Å². The molecule has 0 atom stereocenters. The van der Waals surface area contributed by atoms with Crippen LogP contribution in [0.15, 0.2) is 35.6 Å². The predicted octanol–water partition coefficient (Wildman–Crippen LogP) is 3.86. The first kappa shape index (κ1) is 22.1. The number of hydrogen-bond donors (Lipinski definition) is 1. The van der Waals surface area contributed by atoms with Crippen LogP contribution < -0.4 is 5.32 Å². The van der Waals surface area contributed by atoms with Crippen molar-refractivity contribution in [3.05, 3.63) is 42.0 Å². The van der Waals surface area contributed by atoms with Gasteiger partial charge in [-0.05, 0) is 64.1 Å². The Morgan fingerprint density at radius 2 is 1.83 bits per heavy atom. The summed E-state index contributed by atoms with van der Waals surface area (Å²) in [4.78, 5) is 31.3. The number of ether oxygens (including phenoxy) is 1. The van der Waals surface area contributed by atoms with Gasteiger partial charge in [-0.15, -0.1) is 0 Å². The van der Waals surface area contributed by atoms with Crippen LogP contribution in [0.4, 0.5) is 9.18 Å². The van der Waals surface area contributed by atoms with Crippen LogP contribution in [0.3, 0.4) is 0 Å². The molecule has 1 aliphatic heterocycles. The van der Waals surface area contributed by atoms with Gasteiger partial charge in [0, 0.05) is 24.8 Å². The van der Waals surface area contributed by atoms with E-state index in [2.05, 4.69) is 10.3 Å². The monoisotopic (exact) mass is 434 g/mol. The first-order valence-corrected chi connectivity index (χ1v) is 11.1. The third kappa shape index (κ3) is 5.33. The van der Waals surface area contributed by atoms with Crippen molar-refractivity contribution in [2.75, 3.05) is 19.3 Å². The Hall–Kier alpha value is -2.55. The molecular formula is C21H27FN4O3S. The highest BCUT2D eigenvalue weighted by Crippen LogP contribution is 2.24. The number of alkyl carbamates (subject to hydrolysis) is 1. The van der Waals surface area contributed by atoms with E-state index in [0.29, 0.717) is 42.5 Å². The molecular weight excluding hydrogens is 407 g/mol. The molecule has 1 aliphatic rings. The SMILES string of the molecule is CSc1ncc(C(=O)N2CCC(NC(=O)OC(C)(C)C)CC2)n1-c1ccc(F)cc1. The molecule has 1 aromatic heterocycles. The third-order valence-corrected chi connectivity index (χ3v) is 5.37. The van der Waals surface area contributed by atoms with E-state index < -0.39 is 11.7 Å². The summed E-state index contributed by atoms with van der Waals surface area (Å²) < 4.78 is 20.4. The Morgan fingerprint density at radius 3 is 2.40 bits per heavy atom. The molecule has 0 unspecified atom stereocenters. The van der Waals surface area contributed by atoms with Gasteiger partial charge in [0.15, 0.2) is 5.16 Å². The Bertz CT molecular complexity index is 900. The van der Waals surface area contributed by atoms with E-state index in [-0.39, 0.29) is 17.8 Å². The Kier molecular flexibility index (Phi) is 6.70. The summed E-state index contributed by atoms with van der Waals surface area (Å²) in [5.41, 5.74) is 0.571. The van der Waals surface area contributed by atoms with Crippen molar-refractivity contribution >= 4 is 23.8 Å². The summed E-state index contributed by atoms with van der Waals surface area (Å²) in [6, 6.07) is 5.95. The lowest BCUT2D eigenvalue weighted by Gasteiger charge is -2.33. The maximum Gasteiger partial charge on any atom is 0.407 e. The molecule has 0 aliphatic carbocycles. The molecule has 2 amide bonds. The van der Waals surface area contributed by atoms with Gasteiger partial charge in [0.25, 0.3) is 5.91 Å². The van der Waals surface area contributed by atoms with Crippen molar-refractivity contribution < 1.29 is 18.7 Å². The van der Waals surface area contributed by atoms with Gasteiger partial charge in [-0.25, -0.2) is 14.2 Å². The minimum absolute atomic E-state index is 0.0346. The lowest BCUT2D eigenvalue weighted by Crippen LogP contribution is -2.47. The average molecular weight is 435 g/mol. The molecule has 2 aromatic rings. The van der Waals surface area contributed by atoms with Crippen LogP contribution in [-0.4, -0.2) is 57.4 Å². The molecule has 0 radical (unpaired) electrons. The fourth-order valence-electron chi connectivity index (χ4n) is 3.33. The Morgan fingerprint density at radius 1 is 1.20 bits per heavy atom. The Balaban J connectivity index is 1.68. The quantitative estimate of drug-likeness (QED) is 0.740. The fraction of sp³-hybridized carbons (Fsp3) is 0.476. The fourth-order valence-corrected chi connectivity index (χ4v) is 3.88. The number of carbonyl (C=O) groups is 2. The van der Waals surface area contributed by atoms with E-state index in [1.54, 1.807) is 27.8 Å². The minimum Gasteiger partial charge on any atom is -0.444 e. The van der Waals surface area contributed by atoms with Gasteiger partial charge in [0.05, 0.1) is 6.20 Å². The molecule has 3 rings (SSSR count). The summed E-state index contributed by atoms with van der Waals surface area (Å²) in [5, 5.41) is 3.53. The molecule has 0 bridgehead atoms. The first-order chi connectivity index (χ1) is 14.2. The lowest BCUT2D eigenvalue weighted by atomic mass is 10.0. The van der Waals surface area contributed by atoms with Gasteiger partial charge in [-0.1, -0.05) is 11.8 Å². The number of nitrogens with one attached hydrogen (secondary N) is 1. The van der Waals surface area contributed by atoms with E-state index in [9.17, 15) is 14.0 Å². The zero-order chi connectivity index (χ0) is 21.9. The van der Waals surface area contributed by atoms with Crippen molar-refractivity contribution in [3.8, 4) is 5.69 Å². The van der Waals surface area contributed by atoms with Crippen LogP contribution in [-0.2, 0) is 4.74 Å². The number of benzene rings is 1. The number of amides is 2. The molecule has 9 heteroatoms. The number of likely N-dealkylation sites (tertiary alicyclic amines) is 1. The number of halogens is 1. The Labute approximate surface area is 180 Å². The molecule has 162 valence electrons. The highest BCUT2D eigenvalue weighted by atomic mass is 32.2. The molecule has 1 N–H and O–H groups in total. The van der Waals surface area contributed by atoms with Crippen LogP contribution in [0.25, 0.3) is 5.69 Å². The largest absolute Gasteiger partial charge is 0.444 e. The predicted molar refractivity (Wildman–Crippen MR) is 114 cm³/mol. The van der Waals surface area contributed by atoms with E-state index in [4.69, 9.17) is 4.74 Å². The summed E-state index contributed by atoms with van der Waals surface area (Å²) in [5.74, 6) is -0.472. The molecule has 30 heavy (non-hydrogen) atoms. The zero-order valence-corrected chi connectivity index (χ0v) is 18.5. The molecule has 0 spiro atoms. The van der Waals surface area contributed by atoms with Crippen molar-refractivity contribution in [2.45, 2.75) is 50.4 Å². The average Bonchev–Trinajstić information content (AvgIpc) is 3.11. The van der Waals surface area contributed by atoms with Gasteiger partial charge in [0.2, 0.25) is 0 Å². The van der Waals surface area contributed by atoms with Gasteiger partial charge in [-0.3, -0.25) is 9.36 Å². The summed E-state index contributed by atoms with van der Waals surface area (Å²) >= 11 is 1.42. The maximum absolute atomic E-state index is 13.3. The van der Waals surface area contributed by atoms with Crippen molar-refractivity contribution in [3.63, 3.8) is 0 Å². The number of aromatic nitrogens is 2. The molecule has 1 fully saturated rings. The number of thioether (sulfide) groups is 1. The van der Waals surface area contributed by atoms with E-state index >= 15 is 0 Å². The molecule has 0 saturated carbocycles. The van der Waals surface area contributed by atoms with Crippen LogP contribution >= 0.6 is 11.8 Å². The van der Waals surface area contributed by atoms with Gasteiger partial charge >= 0.3 is 6.09 Å². The van der Waals surface area contributed by atoms with Crippen LogP contribution in [0, 0.1) is 5.82 Å². The second kappa shape index (κ2) is 9.07. The molecule has 1 saturated heterocycles. The van der Waals surface area contributed by atoms with Crippen LogP contribution in [0.2, 0.25) is 0 Å². The normalized spacial score (nSPS) is 15.2. The van der Waals surface area contributed by atoms with Crippen LogP contribution in [0.1, 0.15) is 44.1 Å². The number of rotatable bonds is 4. The third-order valence-electron chi connectivity index (χ3n) is 4.72. The zero-order valence-electron chi connectivity index (χ0n) is 17.6. The highest BCUT2D eigenvalue weighted by Gasteiger charge is 2.28. The van der Waals surface area contributed by atoms with E-state index in [0.717, 1.165) is 0 Å². The standard InChI is InChI=1S/C21H27FN4O3S/c1-21(2,3)29-20(28)24-15-9-11-25(12-10-15)18(27)17-13-23-19(30-4)26(17)16-7-5-14(22)6-8-16/h5-8,13,15H,9-12H2,1-4H3,(H,24,28). The van der Waals surface area contributed by atoms with Crippen molar-refractivity contribution in [1.29, 1.82) is 0 Å². The van der Waals surface area contributed by atoms with Crippen molar-refractivity contribution in [1.82, 2.24) is 19.8 Å².